The van der Waals surface area contributed by atoms with Gasteiger partial charge in [-0.15, -0.1) is 0 Å². The highest BCUT2D eigenvalue weighted by Gasteiger charge is 1.82. The zero-order chi connectivity index (χ0) is 6.41. The summed E-state index contributed by atoms with van der Waals surface area (Å²) in [5.41, 5.74) is 0. The van der Waals surface area contributed by atoms with Crippen LogP contribution in [0.4, 0.5) is 0 Å². The molecule has 0 aromatic carbocycles. The van der Waals surface area contributed by atoms with E-state index in [1.165, 1.54) is 0 Å². The minimum atomic E-state index is -1.13. The minimum Gasteiger partial charge on any atom is -0.478 e. The lowest BCUT2D eigenvalue weighted by Crippen LogP contribution is -1.84. The Bertz CT molecular complexity index is 118. The number of carboxylic acids is 1. The summed E-state index contributed by atoms with van der Waals surface area (Å²) in [6.07, 6.45) is 1.57. The zero-order valence-corrected chi connectivity index (χ0v) is 4.67. The smallest absolute Gasteiger partial charge is 0.395 e. The Labute approximate surface area is 47.1 Å². The molecule has 0 aromatic rings. The Balaban J connectivity index is 3.34. The van der Waals surface area contributed by atoms with Crippen LogP contribution in [0.2, 0.25) is 0 Å². The maximum Gasteiger partial charge on any atom is 0.395 e. The van der Waals surface area contributed by atoms with E-state index in [1.54, 1.807) is 0 Å². The molecular formula is C3H3O4P. The van der Waals surface area contributed by atoms with Gasteiger partial charge in [-0.1, -0.05) is 0 Å². The standard InChI is InChI=1S/C3H3O4P/c4-3(5)1-2-7-8-6/h1-2H,(H,4,5). The van der Waals surface area contributed by atoms with E-state index in [2.05, 4.69) is 4.52 Å². The van der Waals surface area contributed by atoms with E-state index in [1.807, 2.05) is 0 Å². The fourth-order valence-corrected chi connectivity index (χ4v) is 0.224. The summed E-state index contributed by atoms with van der Waals surface area (Å²) in [6, 6.07) is 0. The van der Waals surface area contributed by atoms with Gasteiger partial charge in [0.15, 0.2) is 0 Å². The average molecular weight is 134 g/mol. The molecule has 0 bridgehead atoms. The summed E-state index contributed by atoms with van der Waals surface area (Å²) >= 11 is 0. The van der Waals surface area contributed by atoms with Gasteiger partial charge in [-0.25, -0.2) is 9.36 Å². The monoisotopic (exact) mass is 134 g/mol. The van der Waals surface area contributed by atoms with E-state index in [-0.39, 0.29) is 0 Å². The minimum absolute atomic E-state index is 0.550. The van der Waals surface area contributed by atoms with Gasteiger partial charge < -0.3 is 9.63 Å². The molecule has 0 rings (SSSR count). The molecule has 0 fully saturated rings. The van der Waals surface area contributed by atoms with Crippen LogP contribution in [0.3, 0.4) is 0 Å². The van der Waals surface area contributed by atoms with Gasteiger partial charge in [0.1, 0.15) is 6.26 Å². The SMILES string of the molecule is O=POC=CC(=O)O. The fraction of sp³-hybridized carbons (Fsp3) is 0. The first-order chi connectivity index (χ1) is 3.77. The molecule has 44 valence electrons. The van der Waals surface area contributed by atoms with Gasteiger partial charge in [0.05, 0.1) is 6.08 Å². The van der Waals surface area contributed by atoms with Crippen LogP contribution in [0.15, 0.2) is 12.3 Å². The largest absolute Gasteiger partial charge is 0.478 e. The third-order valence-corrected chi connectivity index (χ3v) is 0.522. The molecular weight excluding hydrogens is 131 g/mol. The first-order valence-corrected chi connectivity index (χ1v) is 2.38. The van der Waals surface area contributed by atoms with Gasteiger partial charge in [0, 0.05) is 0 Å². The van der Waals surface area contributed by atoms with Crippen molar-refractivity contribution in [1.29, 1.82) is 0 Å². The van der Waals surface area contributed by atoms with Crippen LogP contribution in [-0.4, -0.2) is 11.1 Å². The van der Waals surface area contributed by atoms with E-state index < -0.39 is 14.7 Å². The molecule has 0 atom stereocenters. The van der Waals surface area contributed by atoms with Gasteiger partial charge in [-0.3, -0.25) is 0 Å². The highest BCUT2D eigenvalue weighted by molar-refractivity contribution is 7.17. The van der Waals surface area contributed by atoms with Crippen LogP contribution in [0, 0.1) is 0 Å². The molecule has 0 saturated carbocycles. The normalized spacial score (nSPS) is 10.0. The molecule has 1 N–H and O–H groups in total. The van der Waals surface area contributed by atoms with Crippen molar-refractivity contribution in [1.82, 2.24) is 0 Å². The van der Waals surface area contributed by atoms with Gasteiger partial charge >= 0.3 is 14.7 Å². The number of aliphatic carboxylic acids is 1. The Hall–Kier alpha value is -0.890. The first kappa shape index (κ1) is 7.11. The average Bonchev–Trinajstić information content (AvgIpc) is 1.66. The Kier molecular flexibility index (Phi) is 3.80. The van der Waals surface area contributed by atoms with Crippen molar-refractivity contribution in [2.75, 3.05) is 0 Å². The lowest BCUT2D eigenvalue weighted by Gasteiger charge is -1.76. The Morgan fingerprint density at radius 3 is 2.75 bits per heavy atom. The van der Waals surface area contributed by atoms with Crippen molar-refractivity contribution in [3.63, 3.8) is 0 Å². The van der Waals surface area contributed by atoms with Crippen molar-refractivity contribution in [2.24, 2.45) is 0 Å². The van der Waals surface area contributed by atoms with Crippen molar-refractivity contribution >= 4 is 14.7 Å². The van der Waals surface area contributed by atoms with Gasteiger partial charge in [0.25, 0.3) is 0 Å². The van der Waals surface area contributed by atoms with Crippen molar-refractivity contribution in [3.8, 4) is 0 Å². The van der Waals surface area contributed by atoms with E-state index >= 15 is 0 Å². The van der Waals surface area contributed by atoms with Crippen LogP contribution in [0.25, 0.3) is 0 Å². The Morgan fingerprint density at radius 1 is 1.75 bits per heavy atom. The maximum absolute atomic E-state index is 9.60. The molecule has 0 heterocycles. The van der Waals surface area contributed by atoms with Gasteiger partial charge in [0.2, 0.25) is 0 Å². The van der Waals surface area contributed by atoms with Crippen LogP contribution in [0.5, 0.6) is 0 Å². The summed E-state index contributed by atoms with van der Waals surface area (Å²) in [7, 11) is -0.550. The lowest BCUT2D eigenvalue weighted by atomic mass is 10.7. The molecule has 0 aliphatic carbocycles. The summed E-state index contributed by atoms with van der Waals surface area (Å²) in [4.78, 5) is 9.60. The fourth-order valence-electron chi connectivity index (χ4n) is 0.113. The van der Waals surface area contributed by atoms with Crippen molar-refractivity contribution in [3.05, 3.63) is 12.3 Å². The molecule has 0 aliphatic heterocycles. The summed E-state index contributed by atoms with van der Waals surface area (Å²) in [5.74, 6) is -1.13. The highest BCUT2D eigenvalue weighted by Crippen LogP contribution is 1.92. The van der Waals surface area contributed by atoms with Crippen LogP contribution < -0.4 is 0 Å². The van der Waals surface area contributed by atoms with E-state index in [0.29, 0.717) is 0 Å². The topological polar surface area (TPSA) is 63.6 Å². The summed E-state index contributed by atoms with van der Waals surface area (Å²) < 4.78 is 13.4. The van der Waals surface area contributed by atoms with Crippen LogP contribution >= 0.6 is 8.69 Å². The molecule has 0 amide bonds. The maximum atomic E-state index is 9.60. The third kappa shape index (κ3) is 5.11. The lowest BCUT2D eigenvalue weighted by molar-refractivity contribution is -0.131. The third-order valence-electron chi connectivity index (χ3n) is 0.315. The molecule has 0 saturated heterocycles. The molecule has 0 radical (unpaired) electrons. The predicted molar refractivity (Wildman–Crippen MR) is 25.5 cm³/mol. The van der Waals surface area contributed by atoms with E-state index in [0.717, 1.165) is 12.3 Å². The predicted octanol–water partition coefficient (Wildman–Crippen LogP) is 0.808. The summed E-state index contributed by atoms with van der Waals surface area (Å²) in [6.45, 7) is 0. The van der Waals surface area contributed by atoms with Crippen LogP contribution in [0.1, 0.15) is 0 Å². The second-order valence-corrected chi connectivity index (χ2v) is 1.18. The number of rotatable bonds is 3. The van der Waals surface area contributed by atoms with E-state index in [4.69, 9.17) is 5.11 Å². The highest BCUT2D eigenvalue weighted by atomic mass is 31.1. The van der Waals surface area contributed by atoms with Crippen LogP contribution in [-0.2, 0) is 13.9 Å². The molecule has 0 spiro atoms. The number of hydrogen-bond donors (Lipinski definition) is 1. The van der Waals surface area contributed by atoms with E-state index in [9.17, 15) is 9.36 Å². The number of hydrogen-bond acceptors (Lipinski definition) is 3. The molecule has 0 aliphatic rings. The molecule has 5 heteroatoms. The zero-order valence-electron chi connectivity index (χ0n) is 3.77. The van der Waals surface area contributed by atoms with Gasteiger partial charge in [-0.2, -0.15) is 0 Å². The van der Waals surface area contributed by atoms with Gasteiger partial charge in [-0.05, 0) is 0 Å². The molecule has 0 unspecified atom stereocenters. The Morgan fingerprint density at radius 2 is 2.38 bits per heavy atom. The molecule has 4 nitrogen and oxygen atoms in total. The molecule has 0 aromatic heterocycles. The second-order valence-electron chi connectivity index (χ2n) is 0.821. The van der Waals surface area contributed by atoms with Crippen molar-refractivity contribution < 1.29 is 19.0 Å². The number of carbonyl (C=O) groups is 1. The second kappa shape index (κ2) is 4.27. The number of carboxylic acid groups (broad SMARTS) is 1. The summed E-state index contributed by atoms with van der Waals surface area (Å²) in [5, 5.41) is 7.87. The quantitative estimate of drug-likeness (QED) is 0.352. The molecule has 8 heavy (non-hydrogen) atoms. The first-order valence-electron chi connectivity index (χ1n) is 1.65. The van der Waals surface area contributed by atoms with Crippen molar-refractivity contribution in [2.45, 2.75) is 0 Å².